The number of nitrogens with one attached hydrogen (secondary N) is 1. The van der Waals surface area contributed by atoms with E-state index >= 15 is 0 Å². The van der Waals surface area contributed by atoms with Crippen LogP contribution in [0.3, 0.4) is 0 Å². The van der Waals surface area contributed by atoms with Gasteiger partial charge in [0.05, 0.1) is 11.6 Å². The van der Waals surface area contributed by atoms with Gasteiger partial charge in [0.15, 0.2) is 0 Å². The molecule has 0 amide bonds. The van der Waals surface area contributed by atoms with Crippen molar-refractivity contribution in [1.29, 1.82) is 5.26 Å². The van der Waals surface area contributed by atoms with E-state index in [1.165, 1.54) is 0 Å². The fraction of sp³-hybridized carbons (Fsp3) is 0.308. The molecular weight excluding hydrogens is 252 g/mol. The minimum absolute atomic E-state index is 0.149. The molecule has 0 spiro atoms. The fourth-order valence-corrected chi connectivity index (χ4v) is 1.38. The number of aliphatic hydroxyl groups is 1. The molecule has 18 heavy (non-hydrogen) atoms. The molecule has 96 valence electrons. The van der Waals surface area contributed by atoms with Gasteiger partial charge in [-0.2, -0.15) is 5.26 Å². The SMILES string of the molecule is C=C(Cl)CNCC(O)COc1cccc(C#N)c1. The Morgan fingerprint density at radius 2 is 2.39 bits per heavy atom. The normalized spacial score (nSPS) is 11.6. The highest BCUT2D eigenvalue weighted by atomic mass is 35.5. The van der Waals surface area contributed by atoms with Gasteiger partial charge in [-0.15, -0.1) is 0 Å². The van der Waals surface area contributed by atoms with Crippen molar-refractivity contribution in [1.82, 2.24) is 5.32 Å². The number of hydrogen-bond donors (Lipinski definition) is 2. The topological polar surface area (TPSA) is 65.3 Å². The first-order chi connectivity index (χ1) is 8.61. The molecule has 0 saturated carbocycles. The number of nitriles is 1. The number of halogens is 1. The van der Waals surface area contributed by atoms with Gasteiger partial charge in [0, 0.05) is 18.1 Å². The Kier molecular flexibility index (Phi) is 6.23. The summed E-state index contributed by atoms with van der Waals surface area (Å²) in [6.45, 7) is 4.49. The Labute approximate surface area is 111 Å². The molecule has 1 aromatic carbocycles. The molecule has 0 aliphatic rings. The zero-order valence-corrected chi connectivity index (χ0v) is 10.7. The minimum Gasteiger partial charge on any atom is -0.491 e. The van der Waals surface area contributed by atoms with Crippen molar-refractivity contribution in [3.63, 3.8) is 0 Å². The van der Waals surface area contributed by atoms with Gasteiger partial charge in [0.2, 0.25) is 0 Å². The summed E-state index contributed by atoms with van der Waals surface area (Å²) in [5.41, 5.74) is 0.526. The molecule has 1 rings (SSSR count). The van der Waals surface area contributed by atoms with Crippen LogP contribution in [0.1, 0.15) is 5.56 Å². The molecule has 5 heteroatoms. The summed E-state index contributed by atoms with van der Waals surface area (Å²) in [6, 6.07) is 8.81. The summed E-state index contributed by atoms with van der Waals surface area (Å²) in [7, 11) is 0. The highest BCUT2D eigenvalue weighted by molar-refractivity contribution is 6.29. The van der Waals surface area contributed by atoms with Gasteiger partial charge >= 0.3 is 0 Å². The van der Waals surface area contributed by atoms with Gasteiger partial charge < -0.3 is 15.2 Å². The molecule has 1 atom stereocenters. The second kappa shape index (κ2) is 7.72. The summed E-state index contributed by atoms with van der Waals surface area (Å²) < 4.78 is 5.37. The van der Waals surface area contributed by atoms with Crippen LogP contribution in [0.4, 0.5) is 0 Å². The fourth-order valence-electron chi connectivity index (χ4n) is 1.28. The molecule has 0 aliphatic carbocycles. The van der Waals surface area contributed by atoms with Crippen molar-refractivity contribution in [2.24, 2.45) is 0 Å². The molecule has 2 N–H and O–H groups in total. The molecule has 0 radical (unpaired) electrons. The Hall–Kier alpha value is -1.54. The Morgan fingerprint density at radius 1 is 1.61 bits per heavy atom. The lowest BCUT2D eigenvalue weighted by atomic mass is 10.2. The number of ether oxygens (including phenoxy) is 1. The highest BCUT2D eigenvalue weighted by Gasteiger charge is 2.05. The van der Waals surface area contributed by atoms with E-state index in [9.17, 15) is 5.11 Å². The minimum atomic E-state index is -0.647. The average molecular weight is 267 g/mol. The number of hydrogen-bond acceptors (Lipinski definition) is 4. The van der Waals surface area contributed by atoms with E-state index < -0.39 is 6.10 Å². The van der Waals surface area contributed by atoms with Gasteiger partial charge in [-0.1, -0.05) is 24.2 Å². The molecule has 0 heterocycles. The van der Waals surface area contributed by atoms with Crippen molar-refractivity contribution in [2.75, 3.05) is 19.7 Å². The maximum Gasteiger partial charge on any atom is 0.120 e. The lowest BCUT2D eigenvalue weighted by Crippen LogP contribution is -2.32. The maximum atomic E-state index is 9.62. The van der Waals surface area contributed by atoms with Crippen LogP contribution in [0.5, 0.6) is 5.75 Å². The summed E-state index contributed by atoms with van der Waals surface area (Å²) in [5.74, 6) is 0.565. The number of rotatable bonds is 7. The molecule has 1 unspecified atom stereocenters. The molecule has 0 aromatic heterocycles. The third kappa shape index (κ3) is 5.69. The maximum absolute atomic E-state index is 9.62. The van der Waals surface area contributed by atoms with E-state index in [1.54, 1.807) is 24.3 Å². The molecule has 0 bridgehead atoms. The predicted molar refractivity (Wildman–Crippen MR) is 70.5 cm³/mol. The van der Waals surface area contributed by atoms with E-state index in [1.807, 2.05) is 6.07 Å². The third-order valence-corrected chi connectivity index (χ3v) is 2.24. The van der Waals surface area contributed by atoms with Crippen molar-refractivity contribution in [2.45, 2.75) is 6.10 Å². The average Bonchev–Trinajstić information content (AvgIpc) is 2.36. The molecule has 1 aromatic rings. The standard InChI is InChI=1S/C13H15ClN2O2/c1-10(14)7-16-8-12(17)9-18-13-4-2-3-11(5-13)6-15/h2-5,12,16-17H,1,7-9H2. The van der Waals surface area contributed by atoms with Crippen molar-refractivity contribution in [3.05, 3.63) is 41.4 Å². The van der Waals surface area contributed by atoms with Crippen LogP contribution >= 0.6 is 11.6 Å². The van der Waals surface area contributed by atoms with Crippen LogP contribution in [0.2, 0.25) is 0 Å². The second-order valence-electron chi connectivity index (χ2n) is 3.75. The molecule has 0 saturated heterocycles. The van der Waals surface area contributed by atoms with Gasteiger partial charge in [-0.25, -0.2) is 0 Å². The Bertz CT molecular complexity index is 443. The summed E-state index contributed by atoms with van der Waals surface area (Å²) in [5, 5.41) is 21.8. The smallest absolute Gasteiger partial charge is 0.120 e. The highest BCUT2D eigenvalue weighted by Crippen LogP contribution is 2.12. The van der Waals surface area contributed by atoms with E-state index in [0.29, 0.717) is 29.4 Å². The largest absolute Gasteiger partial charge is 0.491 e. The molecule has 0 fully saturated rings. The summed E-state index contributed by atoms with van der Waals surface area (Å²) >= 11 is 5.57. The van der Waals surface area contributed by atoms with E-state index in [-0.39, 0.29) is 6.61 Å². The lowest BCUT2D eigenvalue weighted by Gasteiger charge is -2.13. The zero-order valence-electron chi connectivity index (χ0n) is 9.90. The van der Waals surface area contributed by atoms with Crippen LogP contribution < -0.4 is 10.1 Å². The number of benzene rings is 1. The molecule has 4 nitrogen and oxygen atoms in total. The number of aliphatic hydroxyl groups excluding tert-OH is 1. The van der Waals surface area contributed by atoms with E-state index in [4.69, 9.17) is 21.6 Å². The monoisotopic (exact) mass is 266 g/mol. The second-order valence-corrected chi connectivity index (χ2v) is 4.29. The lowest BCUT2D eigenvalue weighted by molar-refractivity contribution is 0.107. The first kappa shape index (κ1) is 14.5. The van der Waals surface area contributed by atoms with E-state index in [0.717, 1.165) is 0 Å². The van der Waals surface area contributed by atoms with Crippen molar-refractivity contribution < 1.29 is 9.84 Å². The van der Waals surface area contributed by atoms with E-state index in [2.05, 4.69) is 11.9 Å². The van der Waals surface area contributed by atoms with Crippen molar-refractivity contribution in [3.8, 4) is 11.8 Å². The van der Waals surface area contributed by atoms with Gasteiger partial charge in [-0.3, -0.25) is 0 Å². The summed E-state index contributed by atoms with van der Waals surface area (Å²) in [6.07, 6.45) is -0.647. The Morgan fingerprint density at radius 3 is 3.06 bits per heavy atom. The van der Waals surface area contributed by atoms with Gasteiger partial charge in [-0.05, 0) is 18.2 Å². The molecular formula is C13H15ClN2O2. The molecule has 0 aliphatic heterocycles. The predicted octanol–water partition coefficient (Wildman–Crippen LogP) is 1.64. The zero-order chi connectivity index (χ0) is 13.4. The van der Waals surface area contributed by atoms with Crippen LogP contribution in [-0.4, -0.2) is 30.9 Å². The first-order valence-electron chi connectivity index (χ1n) is 5.47. The van der Waals surface area contributed by atoms with Crippen molar-refractivity contribution >= 4 is 11.6 Å². The summed E-state index contributed by atoms with van der Waals surface area (Å²) in [4.78, 5) is 0. The van der Waals surface area contributed by atoms with Crippen LogP contribution in [-0.2, 0) is 0 Å². The van der Waals surface area contributed by atoms with Gasteiger partial charge in [0.25, 0.3) is 0 Å². The third-order valence-electron chi connectivity index (χ3n) is 2.10. The first-order valence-corrected chi connectivity index (χ1v) is 5.84. The Balaban J connectivity index is 2.31. The van der Waals surface area contributed by atoms with Crippen LogP contribution in [0.15, 0.2) is 35.9 Å². The van der Waals surface area contributed by atoms with Crippen LogP contribution in [0.25, 0.3) is 0 Å². The number of nitrogens with zero attached hydrogens (tertiary/aromatic N) is 1. The van der Waals surface area contributed by atoms with Crippen LogP contribution in [0, 0.1) is 11.3 Å². The van der Waals surface area contributed by atoms with Gasteiger partial charge in [0.1, 0.15) is 18.5 Å². The quantitative estimate of drug-likeness (QED) is 0.787.